The number of hydrogen-bond acceptors (Lipinski definition) is 2. The van der Waals surface area contributed by atoms with E-state index in [4.69, 9.17) is 0 Å². The van der Waals surface area contributed by atoms with Crippen LogP contribution < -0.4 is 0 Å². The highest BCUT2D eigenvalue weighted by molar-refractivity contribution is 5.77. The maximum absolute atomic E-state index is 10.7. The van der Waals surface area contributed by atoms with E-state index in [2.05, 4.69) is 18.9 Å². The molecule has 72 valence electrons. The van der Waals surface area contributed by atoms with Crippen LogP contribution in [0.4, 0.5) is 0 Å². The molecule has 0 saturated heterocycles. The van der Waals surface area contributed by atoms with Crippen molar-refractivity contribution in [3.63, 3.8) is 0 Å². The van der Waals surface area contributed by atoms with Crippen molar-refractivity contribution in [3.8, 4) is 0 Å². The van der Waals surface area contributed by atoms with E-state index in [0.29, 0.717) is 5.92 Å². The lowest BCUT2D eigenvalue weighted by molar-refractivity contribution is 0.112. The highest BCUT2D eigenvalue weighted by Gasteiger charge is 2.10. The van der Waals surface area contributed by atoms with Crippen molar-refractivity contribution in [2.75, 3.05) is 0 Å². The van der Waals surface area contributed by atoms with E-state index in [1.807, 2.05) is 18.5 Å². The molecule has 0 aliphatic heterocycles. The first kappa shape index (κ1) is 9.96. The quantitative estimate of drug-likeness (QED) is 0.666. The zero-order valence-electron chi connectivity index (χ0n) is 8.66. The molecule has 0 spiro atoms. The van der Waals surface area contributed by atoms with Gasteiger partial charge in [0, 0.05) is 12.2 Å². The Labute approximate surface area is 78.8 Å². The van der Waals surface area contributed by atoms with Crippen molar-refractivity contribution >= 4 is 6.29 Å². The molecule has 0 radical (unpaired) electrons. The Kier molecular flexibility index (Phi) is 2.86. The van der Waals surface area contributed by atoms with Crippen molar-refractivity contribution in [1.82, 2.24) is 9.78 Å². The summed E-state index contributed by atoms with van der Waals surface area (Å²) in [5.74, 6) is 0.553. The largest absolute Gasteiger partial charge is 0.298 e. The van der Waals surface area contributed by atoms with Crippen LogP contribution in [0, 0.1) is 19.8 Å². The second-order valence-corrected chi connectivity index (χ2v) is 3.78. The molecule has 0 bridgehead atoms. The minimum atomic E-state index is 0.553. The number of aryl methyl sites for hydroxylation is 1. The highest BCUT2D eigenvalue weighted by atomic mass is 16.1. The molecule has 1 heterocycles. The fourth-order valence-corrected chi connectivity index (χ4v) is 1.40. The molecule has 0 saturated carbocycles. The van der Waals surface area contributed by atoms with Crippen LogP contribution in [0.15, 0.2) is 0 Å². The van der Waals surface area contributed by atoms with Gasteiger partial charge in [0.15, 0.2) is 6.29 Å². The molecule has 0 atom stereocenters. The minimum absolute atomic E-state index is 0.553. The summed E-state index contributed by atoms with van der Waals surface area (Å²) in [5.41, 5.74) is 2.54. The van der Waals surface area contributed by atoms with Gasteiger partial charge in [-0.05, 0) is 19.8 Å². The van der Waals surface area contributed by atoms with Gasteiger partial charge in [0.25, 0.3) is 0 Å². The van der Waals surface area contributed by atoms with Crippen LogP contribution in [0.1, 0.15) is 35.6 Å². The molecule has 3 heteroatoms. The Morgan fingerprint density at radius 2 is 2.08 bits per heavy atom. The number of nitrogens with zero attached hydrogens (tertiary/aromatic N) is 2. The second-order valence-electron chi connectivity index (χ2n) is 3.78. The van der Waals surface area contributed by atoms with E-state index in [1.165, 1.54) is 0 Å². The van der Waals surface area contributed by atoms with Crippen molar-refractivity contribution in [1.29, 1.82) is 0 Å². The molecule has 0 aliphatic rings. The predicted molar refractivity (Wildman–Crippen MR) is 51.9 cm³/mol. The van der Waals surface area contributed by atoms with E-state index in [1.54, 1.807) is 0 Å². The Morgan fingerprint density at radius 3 is 2.46 bits per heavy atom. The van der Waals surface area contributed by atoms with Gasteiger partial charge in [-0.25, -0.2) is 0 Å². The van der Waals surface area contributed by atoms with Crippen molar-refractivity contribution in [2.24, 2.45) is 5.92 Å². The fraction of sp³-hybridized carbons (Fsp3) is 0.600. The number of carbonyl (C=O) groups is 1. The third-order valence-electron chi connectivity index (χ3n) is 2.09. The zero-order chi connectivity index (χ0) is 10.0. The first-order valence-corrected chi connectivity index (χ1v) is 4.55. The third-order valence-corrected chi connectivity index (χ3v) is 2.09. The van der Waals surface area contributed by atoms with E-state index in [9.17, 15) is 4.79 Å². The van der Waals surface area contributed by atoms with Gasteiger partial charge in [-0.2, -0.15) is 5.10 Å². The minimum Gasteiger partial charge on any atom is -0.298 e. The zero-order valence-corrected chi connectivity index (χ0v) is 8.66. The molecule has 0 amide bonds. The van der Waals surface area contributed by atoms with Crippen LogP contribution in [0.25, 0.3) is 0 Å². The van der Waals surface area contributed by atoms with Crippen molar-refractivity contribution < 1.29 is 4.79 Å². The van der Waals surface area contributed by atoms with Crippen molar-refractivity contribution in [3.05, 3.63) is 17.0 Å². The first-order valence-electron chi connectivity index (χ1n) is 4.55. The molecular weight excluding hydrogens is 164 g/mol. The number of aldehydes is 1. The topological polar surface area (TPSA) is 34.9 Å². The summed E-state index contributed by atoms with van der Waals surface area (Å²) in [5, 5.41) is 4.31. The van der Waals surface area contributed by atoms with Crippen LogP contribution in [0.5, 0.6) is 0 Å². The van der Waals surface area contributed by atoms with Crippen LogP contribution in [0.3, 0.4) is 0 Å². The number of rotatable bonds is 3. The van der Waals surface area contributed by atoms with Crippen LogP contribution in [-0.4, -0.2) is 16.1 Å². The normalized spacial score (nSPS) is 10.8. The summed E-state index contributed by atoms with van der Waals surface area (Å²) >= 11 is 0. The lowest BCUT2D eigenvalue weighted by atomic mass is 10.2. The predicted octanol–water partition coefficient (Wildman–Crippen LogP) is 1.97. The summed E-state index contributed by atoms with van der Waals surface area (Å²) in [6, 6.07) is 0. The highest BCUT2D eigenvalue weighted by Crippen LogP contribution is 2.11. The lowest BCUT2D eigenvalue weighted by Crippen LogP contribution is -2.08. The lowest BCUT2D eigenvalue weighted by Gasteiger charge is -2.06. The average Bonchev–Trinajstić information content (AvgIpc) is 2.26. The molecule has 0 N–H and O–H groups in total. The van der Waals surface area contributed by atoms with Gasteiger partial charge in [0.05, 0.1) is 11.3 Å². The summed E-state index contributed by atoms with van der Waals surface area (Å²) in [6.07, 6.45) is 0.883. The molecule has 0 aliphatic carbocycles. The number of aromatic nitrogens is 2. The standard InChI is InChI=1S/C10H16N2O/c1-7(2)5-12-9(4)10(6-13)8(3)11-12/h6-7H,5H2,1-4H3. The van der Waals surface area contributed by atoms with Gasteiger partial charge in [-0.15, -0.1) is 0 Å². The molecule has 3 nitrogen and oxygen atoms in total. The van der Waals surface area contributed by atoms with Crippen LogP contribution >= 0.6 is 0 Å². The van der Waals surface area contributed by atoms with E-state index >= 15 is 0 Å². The van der Waals surface area contributed by atoms with Crippen molar-refractivity contribution in [2.45, 2.75) is 34.2 Å². The Morgan fingerprint density at radius 1 is 1.46 bits per heavy atom. The SMILES string of the molecule is Cc1nn(CC(C)C)c(C)c1C=O. The fourth-order valence-electron chi connectivity index (χ4n) is 1.40. The molecule has 0 fully saturated rings. The van der Waals surface area contributed by atoms with Crippen LogP contribution in [0.2, 0.25) is 0 Å². The molecule has 1 rings (SSSR count). The maximum Gasteiger partial charge on any atom is 0.153 e. The van der Waals surface area contributed by atoms with Crippen LogP contribution in [-0.2, 0) is 6.54 Å². The Hall–Kier alpha value is -1.12. The molecular formula is C10H16N2O. The van der Waals surface area contributed by atoms with E-state index < -0.39 is 0 Å². The molecule has 13 heavy (non-hydrogen) atoms. The maximum atomic E-state index is 10.7. The van der Waals surface area contributed by atoms with Gasteiger partial charge >= 0.3 is 0 Å². The smallest absolute Gasteiger partial charge is 0.153 e. The average molecular weight is 180 g/mol. The van der Waals surface area contributed by atoms with Gasteiger partial charge < -0.3 is 0 Å². The molecule has 1 aromatic rings. The van der Waals surface area contributed by atoms with Gasteiger partial charge in [0.2, 0.25) is 0 Å². The monoisotopic (exact) mass is 180 g/mol. The number of hydrogen-bond donors (Lipinski definition) is 0. The number of carbonyl (C=O) groups excluding carboxylic acids is 1. The molecule has 1 aromatic heterocycles. The first-order chi connectivity index (χ1) is 6.06. The summed E-state index contributed by atoms with van der Waals surface area (Å²) in [7, 11) is 0. The van der Waals surface area contributed by atoms with E-state index in [0.717, 1.165) is 29.8 Å². The van der Waals surface area contributed by atoms with Gasteiger partial charge in [-0.3, -0.25) is 9.48 Å². The van der Waals surface area contributed by atoms with Gasteiger partial charge in [0.1, 0.15) is 0 Å². The molecule has 0 aromatic carbocycles. The summed E-state index contributed by atoms with van der Waals surface area (Å²) in [4.78, 5) is 10.7. The Bertz CT molecular complexity index is 313. The van der Waals surface area contributed by atoms with E-state index in [-0.39, 0.29) is 0 Å². The second kappa shape index (κ2) is 3.73. The molecule has 0 unspecified atom stereocenters. The third kappa shape index (κ3) is 1.97. The summed E-state index contributed by atoms with van der Waals surface area (Å²) < 4.78 is 1.91. The van der Waals surface area contributed by atoms with Gasteiger partial charge in [-0.1, -0.05) is 13.8 Å². The Balaban J connectivity index is 3.03. The summed E-state index contributed by atoms with van der Waals surface area (Å²) in [6.45, 7) is 8.95.